The molecule has 0 amide bonds. The van der Waals surface area contributed by atoms with Crippen LogP contribution < -0.4 is 0 Å². The van der Waals surface area contributed by atoms with Crippen LogP contribution in [0.4, 0.5) is 0 Å². The summed E-state index contributed by atoms with van der Waals surface area (Å²) < 4.78 is 0. The van der Waals surface area contributed by atoms with Crippen LogP contribution in [0.3, 0.4) is 0 Å². The fourth-order valence-corrected chi connectivity index (χ4v) is 2.23. The van der Waals surface area contributed by atoms with Crippen molar-refractivity contribution in [1.29, 1.82) is 0 Å². The highest BCUT2D eigenvalue weighted by molar-refractivity contribution is 5.91. The Hall–Kier alpha value is -2.29. The molecule has 2 N–H and O–H groups in total. The molecule has 2 aromatic carbocycles. The summed E-state index contributed by atoms with van der Waals surface area (Å²) in [4.78, 5) is 11.1. The molecule has 0 fully saturated rings. The molecular formula is C16H16O3. The Balaban J connectivity index is 2.59. The average molecular weight is 256 g/mol. The topological polar surface area (TPSA) is 57.5 Å². The molecule has 0 spiro atoms. The minimum Gasteiger partial charge on any atom is -0.507 e. The first-order chi connectivity index (χ1) is 8.94. The van der Waals surface area contributed by atoms with Gasteiger partial charge in [0.1, 0.15) is 11.3 Å². The van der Waals surface area contributed by atoms with Gasteiger partial charge in [-0.1, -0.05) is 56.3 Å². The lowest BCUT2D eigenvalue weighted by atomic mass is 9.77. The highest BCUT2D eigenvalue weighted by Gasteiger charge is 2.28. The van der Waals surface area contributed by atoms with Gasteiger partial charge in [0.05, 0.1) is 0 Å². The Bertz CT molecular complexity index is 601. The van der Waals surface area contributed by atoms with Crippen LogP contribution in [0.5, 0.6) is 5.75 Å². The fraction of sp³-hybridized carbons (Fsp3) is 0.188. The summed E-state index contributed by atoms with van der Waals surface area (Å²) in [6, 6.07) is 14.5. The second-order valence-corrected chi connectivity index (χ2v) is 5.00. The van der Waals surface area contributed by atoms with Gasteiger partial charge in [0.15, 0.2) is 0 Å². The quantitative estimate of drug-likeness (QED) is 0.884. The summed E-state index contributed by atoms with van der Waals surface area (Å²) in [6.45, 7) is 3.92. The summed E-state index contributed by atoms with van der Waals surface area (Å²) in [6.07, 6.45) is 0. The van der Waals surface area contributed by atoms with E-state index in [1.54, 1.807) is 12.1 Å². The number of aromatic hydroxyl groups is 1. The van der Waals surface area contributed by atoms with Gasteiger partial charge in [0, 0.05) is 11.0 Å². The molecule has 0 saturated carbocycles. The first kappa shape index (κ1) is 13.1. The zero-order chi connectivity index (χ0) is 14.0. The molecule has 0 unspecified atom stereocenters. The van der Waals surface area contributed by atoms with Gasteiger partial charge >= 0.3 is 5.97 Å². The third-order valence-electron chi connectivity index (χ3n) is 3.44. The number of benzene rings is 2. The van der Waals surface area contributed by atoms with Gasteiger partial charge in [0.2, 0.25) is 0 Å². The summed E-state index contributed by atoms with van der Waals surface area (Å²) >= 11 is 0. The van der Waals surface area contributed by atoms with Crippen LogP contribution in [0.15, 0.2) is 48.5 Å². The second-order valence-electron chi connectivity index (χ2n) is 5.00. The maximum Gasteiger partial charge on any atom is 0.339 e. The Kier molecular flexibility index (Phi) is 3.30. The maximum absolute atomic E-state index is 11.1. The van der Waals surface area contributed by atoms with Crippen molar-refractivity contribution in [2.45, 2.75) is 19.3 Å². The largest absolute Gasteiger partial charge is 0.507 e. The van der Waals surface area contributed by atoms with Gasteiger partial charge in [-0.2, -0.15) is 0 Å². The molecule has 98 valence electrons. The van der Waals surface area contributed by atoms with Crippen molar-refractivity contribution < 1.29 is 15.0 Å². The van der Waals surface area contributed by atoms with Gasteiger partial charge in [-0.25, -0.2) is 4.79 Å². The van der Waals surface area contributed by atoms with Crippen molar-refractivity contribution in [3.05, 3.63) is 65.2 Å². The Morgan fingerprint density at radius 1 is 1.00 bits per heavy atom. The number of hydrogen-bond donors (Lipinski definition) is 2. The number of aromatic carboxylic acids is 1. The Labute approximate surface area is 112 Å². The molecule has 0 saturated heterocycles. The number of carboxylic acid groups (broad SMARTS) is 1. The van der Waals surface area contributed by atoms with Crippen molar-refractivity contribution in [2.24, 2.45) is 0 Å². The van der Waals surface area contributed by atoms with E-state index < -0.39 is 11.4 Å². The molecule has 0 heterocycles. The van der Waals surface area contributed by atoms with Crippen molar-refractivity contribution >= 4 is 5.97 Å². The van der Waals surface area contributed by atoms with Crippen LogP contribution in [-0.2, 0) is 5.41 Å². The molecule has 0 aliphatic rings. The molecule has 19 heavy (non-hydrogen) atoms. The molecule has 2 aromatic rings. The van der Waals surface area contributed by atoms with E-state index in [-0.39, 0.29) is 11.3 Å². The number of rotatable bonds is 3. The van der Waals surface area contributed by atoms with Crippen molar-refractivity contribution in [3.63, 3.8) is 0 Å². The molecule has 3 nitrogen and oxygen atoms in total. The minimum absolute atomic E-state index is 0.0680. The van der Waals surface area contributed by atoms with Crippen molar-refractivity contribution in [1.82, 2.24) is 0 Å². The number of phenols is 1. The third-order valence-corrected chi connectivity index (χ3v) is 3.44. The van der Waals surface area contributed by atoms with Gasteiger partial charge in [-0.05, 0) is 11.6 Å². The van der Waals surface area contributed by atoms with Crippen LogP contribution in [0.1, 0.15) is 35.3 Å². The fourth-order valence-electron chi connectivity index (χ4n) is 2.23. The monoisotopic (exact) mass is 256 g/mol. The maximum atomic E-state index is 11.1. The van der Waals surface area contributed by atoms with E-state index in [1.165, 1.54) is 6.07 Å². The van der Waals surface area contributed by atoms with E-state index in [2.05, 4.69) is 0 Å². The average Bonchev–Trinajstić information content (AvgIpc) is 2.39. The van der Waals surface area contributed by atoms with Crippen LogP contribution in [0.2, 0.25) is 0 Å². The van der Waals surface area contributed by atoms with Crippen molar-refractivity contribution in [2.75, 3.05) is 0 Å². The summed E-state index contributed by atoms with van der Waals surface area (Å²) in [5.74, 6) is -1.29. The van der Waals surface area contributed by atoms with Gasteiger partial charge in [-0.15, -0.1) is 0 Å². The summed E-state index contributed by atoms with van der Waals surface area (Å²) in [5, 5.41) is 19.2. The normalized spacial score (nSPS) is 11.3. The Morgan fingerprint density at radius 2 is 1.63 bits per heavy atom. The molecular weight excluding hydrogens is 240 g/mol. The Morgan fingerprint density at radius 3 is 2.21 bits per heavy atom. The van der Waals surface area contributed by atoms with Gasteiger partial charge < -0.3 is 10.2 Å². The number of carbonyl (C=O) groups is 1. The van der Waals surface area contributed by atoms with Gasteiger partial charge in [-0.3, -0.25) is 0 Å². The molecule has 0 radical (unpaired) electrons. The minimum atomic E-state index is -1.12. The summed E-state index contributed by atoms with van der Waals surface area (Å²) in [7, 11) is 0. The van der Waals surface area contributed by atoms with E-state index in [0.717, 1.165) is 5.56 Å². The number of para-hydroxylation sites is 1. The van der Waals surface area contributed by atoms with Crippen LogP contribution in [0.25, 0.3) is 0 Å². The predicted octanol–water partition coefficient (Wildman–Crippen LogP) is 3.42. The second kappa shape index (κ2) is 4.76. The number of hydrogen-bond acceptors (Lipinski definition) is 2. The van der Waals surface area contributed by atoms with Crippen LogP contribution in [-0.4, -0.2) is 16.2 Å². The molecule has 2 rings (SSSR count). The highest BCUT2D eigenvalue weighted by atomic mass is 16.4. The SMILES string of the molecule is CC(C)(c1ccccc1)c1cccc(C(=O)O)c1O. The van der Waals surface area contributed by atoms with E-state index >= 15 is 0 Å². The predicted molar refractivity (Wildman–Crippen MR) is 73.6 cm³/mol. The third kappa shape index (κ3) is 2.32. The molecule has 0 atom stereocenters. The molecule has 0 aromatic heterocycles. The molecule has 0 bridgehead atoms. The first-order valence-electron chi connectivity index (χ1n) is 6.06. The zero-order valence-electron chi connectivity index (χ0n) is 10.9. The zero-order valence-corrected chi connectivity index (χ0v) is 10.9. The molecule has 0 aliphatic carbocycles. The van der Waals surface area contributed by atoms with Crippen molar-refractivity contribution in [3.8, 4) is 5.75 Å². The van der Waals surface area contributed by atoms with E-state index in [9.17, 15) is 9.90 Å². The lowest BCUT2D eigenvalue weighted by Crippen LogP contribution is -2.19. The summed E-state index contributed by atoms with van der Waals surface area (Å²) in [5.41, 5.74) is 1.10. The lowest BCUT2D eigenvalue weighted by molar-refractivity contribution is 0.0693. The van der Waals surface area contributed by atoms with E-state index in [1.807, 2.05) is 44.2 Å². The molecule has 3 heteroatoms. The number of carboxylic acids is 1. The smallest absolute Gasteiger partial charge is 0.339 e. The first-order valence-corrected chi connectivity index (χ1v) is 6.06. The van der Waals surface area contributed by atoms with Gasteiger partial charge in [0.25, 0.3) is 0 Å². The molecule has 0 aliphatic heterocycles. The van der Waals surface area contributed by atoms with Crippen LogP contribution in [0, 0.1) is 0 Å². The lowest BCUT2D eigenvalue weighted by Gasteiger charge is -2.27. The van der Waals surface area contributed by atoms with E-state index in [0.29, 0.717) is 5.56 Å². The standard InChI is InChI=1S/C16H16O3/c1-16(2,11-7-4-3-5-8-11)13-10-6-9-12(14(13)17)15(18)19/h3-10,17H,1-2H3,(H,18,19). The van der Waals surface area contributed by atoms with E-state index in [4.69, 9.17) is 5.11 Å². The highest BCUT2D eigenvalue weighted by Crippen LogP contribution is 2.38. The van der Waals surface area contributed by atoms with Crippen LogP contribution >= 0.6 is 0 Å².